The van der Waals surface area contributed by atoms with Crippen molar-refractivity contribution in [2.24, 2.45) is 0 Å². The molecule has 130 valence electrons. The fourth-order valence-corrected chi connectivity index (χ4v) is 2.86. The van der Waals surface area contributed by atoms with Crippen LogP contribution in [0, 0.1) is 6.92 Å². The molecule has 0 unspecified atom stereocenters. The van der Waals surface area contributed by atoms with Crippen molar-refractivity contribution in [3.8, 4) is 11.5 Å². The Morgan fingerprint density at radius 1 is 1.04 bits per heavy atom. The molecule has 0 amide bonds. The highest BCUT2D eigenvalue weighted by atomic mass is 16.5. The van der Waals surface area contributed by atoms with Gasteiger partial charge in [0, 0.05) is 45.3 Å². The Morgan fingerprint density at radius 3 is 2.33 bits per heavy atom. The lowest BCUT2D eigenvalue weighted by molar-refractivity contribution is 0.111. The molecule has 2 aromatic rings. The molecule has 1 aliphatic heterocycles. The highest BCUT2D eigenvalue weighted by Gasteiger charge is 2.17. The molecule has 6 nitrogen and oxygen atoms in total. The maximum Gasteiger partial charge on any atom is 0.133 e. The van der Waals surface area contributed by atoms with Gasteiger partial charge in [-0.25, -0.2) is 0 Å². The lowest BCUT2D eigenvalue weighted by Gasteiger charge is -2.34. The number of methoxy groups -OCH3 is 1. The summed E-state index contributed by atoms with van der Waals surface area (Å²) in [5.74, 6) is 2.61. The quantitative estimate of drug-likeness (QED) is 0.775. The standard InChI is InChI=1S/C18H25N3O3/c1-15-13-16(19-24-15)14-21-9-7-20(8-10-21)11-12-23-18-5-3-17(22-2)4-6-18/h3-6,13H,7-12,14H2,1-2H3. The van der Waals surface area contributed by atoms with E-state index in [0.717, 1.165) is 62.2 Å². The highest BCUT2D eigenvalue weighted by molar-refractivity contribution is 5.31. The summed E-state index contributed by atoms with van der Waals surface area (Å²) < 4.78 is 16.1. The molecule has 0 radical (unpaired) electrons. The van der Waals surface area contributed by atoms with E-state index in [0.29, 0.717) is 6.61 Å². The van der Waals surface area contributed by atoms with E-state index in [9.17, 15) is 0 Å². The Balaban J connectivity index is 1.34. The average Bonchev–Trinajstić information content (AvgIpc) is 3.02. The van der Waals surface area contributed by atoms with Crippen LogP contribution in [0.5, 0.6) is 11.5 Å². The zero-order valence-electron chi connectivity index (χ0n) is 14.4. The molecule has 1 saturated heterocycles. The second-order valence-corrected chi connectivity index (χ2v) is 6.07. The van der Waals surface area contributed by atoms with Gasteiger partial charge in [0.15, 0.2) is 0 Å². The Kier molecular flexibility index (Phi) is 5.72. The van der Waals surface area contributed by atoms with E-state index in [1.165, 1.54) is 0 Å². The minimum atomic E-state index is 0.703. The number of rotatable bonds is 7. The predicted molar refractivity (Wildman–Crippen MR) is 91.4 cm³/mol. The molecule has 0 N–H and O–H groups in total. The molecule has 2 heterocycles. The van der Waals surface area contributed by atoms with Crippen molar-refractivity contribution < 1.29 is 14.0 Å². The van der Waals surface area contributed by atoms with Crippen LogP contribution in [0.4, 0.5) is 0 Å². The molecule has 6 heteroatoms. The van der Waals surface area contributed by atoms with Gasteiger partial charge in [-0.05, 0) is 31.2 Å². The molecule has 1 fully saturated rings. The summed E-state index contributed by atoms with van der Waals surface area (Å²) in [4.78, 5) is 4.85. The van der Waals surface area contributed by atoms with Gasteiger partial charge < -0.3 is 14.0 Å². The third-order valence-corrected chi connectivity index (χ3v) is 4.26. The molecule has 0 spiro atoms. The van der Waals surface area contributed by atoms with Crippen LogP contribution >= 0.6 is 0 Å². The van der Waals surface area contributed by atoms with Gasteiger partial charge in [0.25, 0.3) is 0 Å². The molecule has 24 heavy (non-hydrogen) atoms. The molecule has 0 atom stereocenters. The van der Waals surface area contributed by atoms with E-state index in [1.807, 2.05) is 37.3 Å². The topological polar surface area (TPSA) is 51.0 Å². The molecule has 0 aliphatic carbocycles. The molecule has 3 rings (SSSR count). The van der Waals surface area contributed by atoms with E-state index < -0.39 is 0 Å². The molecule has 0 bridgehead atoms. The zero-order valence-corrected chi connectivity index (χ0v) is 14.4. The smallest absolute Gasteiger partial charge is 0.133 e. The van der Waals surface area contributed by atoms with Crippen molar-refractivity contribution in [2.45, 2.75) is 13.5 Å². The third kappa shape index (κ3) is 4.72. The Labute approximate surface area is 142 Å². The first-order valence-electron chi connectivity index (χ1n) is 8.37. The molecule has 1 aromatic heterocycles. The fourth-order valence-electron chi connectivity index (χ4n) is 2.86. The molecule has 0 saturated carbocycles. The average molecular weight is 331 g/mol. The van der Waals surface area contributed by atoms with Crippen LogP contribution in [0.2, 0.25) is 0 Å². The lowest BCUT2D eigenvalue weighted by atomic mass is 10.3. The summed E-state index contributed by atoms with van der Waals surface area (Å²) in [6.45, 7) is 8.66. The van der Waals surface area contributed by atoms with E-state index in [1.54, 1.807) is 7.11 Å². The van der Waals surface area contributed by atoms with Gasteiger partial charge in [-0.15, -0.1) is 0 Å². The Morgan fingerprint density at radius 2 is 1.71 bits per heavy atom. The number of hydrogen-bond donors (Lipinski definition) is 0. The summed E-state index contributed by atoms with van der Waals surface area (Å²) in [5.41, 5.74) is 1.02. The molecular formula is C18H25N3O3. The summed E-state index contributed by atoms with van der Waals surface area (Å²) in [6, 6.07) is 9.72. The van der Waals surface area contributed by atoms with Gasteiger partial charge in [0.2, 0.25) is 0 Å². The second kappa shape index (κ2) is 8.17. The van der Waals surface area contributed by atoms with E-state index >= 15 is 0 Å². The van der Waals surface area contributed by atoms with Crippen LogP contribution in [-0.4, -0.2) is 61.4 Å². The summed E-state index contributed by atoms with van der Waals surface area (Å²) in [7, 11) is 1.67. The van der Waals surface area contributed by atoms with Crippen molar-refractivity contribution in [3.63, 3.8) is 0 Å². The fraction of sp³-hybridized carbons (Fsp3) is 0.500. The van der Waals surface area contributed by atoms with E-state index in [4.69, 9.17) is 14.0 Å². The minimum absolute atomic E-state index is 0.703. The van der Waals surface area contributed by atoms with E-state index in [-0.39, 0.29) is 0 Å². The summed E-state index contributed by atoms with van der Waals surface area (Å²) in [5, 5.41) is 4.07. The van der Waals surface area contributed by atoms with Gasteiger partial charge in [0.05, 0.1) is 12.8 Å². The van der Waals surface area contributed by atoms with Crippen LogP contribution in [0.3, 0.4) is 0 Å². The number of piperazine rings is 1. The van der Waals surface area contributed by atoms with Gasteiger partial charge in [-0.2, -0.15) is 0 Å². The van der Waals surface area contributed by atoms with E-state index in [2.05, 4.69) is 15.0 Å². The molecule has 1 aromatic carbocycles. The first-order chi connectivity index (χ1) is 11.7. The monoisotopic (exact) mass is 331 g/mol. The van der Waals surface area contributed by atoms with Crippen molar-refractivity contribution in [2.75, 3.05) is 46.4 Å². The first kappa shape index (κ1) is 16.8. The normalized spacial score (nSPS) is 16.2. The van der Waals surface area contributed by atoms with Crippen molar-refractivity contribution in [1.82, 2.24) is 15.0 Å². The van der Waals surface area contributed by atoms with Gasteiger partial charge in [-0.1, -0.05) is 5.16 Å². The number of hydrogen-bond acceptors (Lipinski definition) is 6. The largest absolute Gasteiger partial charge is 0.497 e. The van der Waals surface area contributed by atoms with Crippen LogP contribution in [0.25, 0.3) is 0 Å². The van der Waals surface area contributed by atoms with Crippen molar-refractivity contribution in [3.05, 3.63) is 41.8 Å². The highest BCUT2D eigenvalue weighted by Crippen LogP contribution is 2.17. The zero-order chi connectivity index (χ0) is 16.8. The van der Waals surface area contributed by atoms with Gasteiger partial charge in [-0.3, -0.25) is 9.80 Å². The number of nitrogens with zero attached hydrogens (tertiary/aromatic N) is 3. The minimum Gasteiger partial charge on any atom is -0.497 e. The van der Waals surface area contributed by atoms with Crippen molar-refractivity contribution in [1.29, 1.82) is 0 Å². The van der Waals surface area contributed by atoms with Crippen LogP contribution in [-0.2, 0) is 6.54 Å². The van der Waals surface area contributed by atoms with Crippen molar-refractivity contribution >= 4 is 0 Å². The molecular weight excluding hydrogens is 306 g/mol. The SMILES string of the molecule is COc1ccc(OCCN2CCN(Cc3cc(C)on3)CC2)cc1. The maximum absolute atomic E-state index is 5.80. The summed E-state index contributed by atoms with van der Waals surface area (Å²) >= 11 is 0. The van der Waals surface area contributed by atoms with Gasteiger partial charge in [0.1, 0.15) is 23.9 Å². The Bertz CT molecular complexity index is 619. The maximum atomic E-state index is 5.80. The number of benzene rings is 1. The number of aryl methyl sites for hydroxylation is 1. The second-order valence-electron chi connectivity index (χ2n) is 6.07. The Hall–Kier alpha value is -2.05. The van der Waals surface area contributed by atoms with Crippen LogP contribution in [0.15, 0.2) is 34.9 Å². The van der Waals surface area contributed by atoms with Crippen LogP contribution < -0.4 is 9.47 Å². The van der Waals surface area contributed by atoms with Gasteiger partial charge >= 0.3 is 0 Å². The molecule has 1 aliphatic rings. The number of aromatic nitrogens is 1. The lowest BCUT2D eigenvalue weighted by Crippen LogP contribution is -2.47. The first-order valence-corrected chi connectivity index (χ1v) is 8.37. The predicted octanol–water partition coefficient (Wildman–Crippen LogP) is 2.19. The van der Waals surface area contributed by atoms with Crippen LogP contribution in [0.1, 0.15) is 11.5 Å². The third-order valence-electron chi connectivity index (χ3n) is 4.26. The number of ether oxygens (including phenoxy) is 2. The summed E-state index contributed by atoms with van der Waals surface area (Å²) in [6.07, 6.45) is 0.